The first kappa shape index (κ1) is 24.2. The Balaban J connectivity index is 1.30. The van der Waals surface area contributed by atoms with E-state index in [0.717, 1.165) is 27.4 Å². The van der Waals surface area contributed by atoms with Gasteiger partial charge in [-0.2, -0.15) is 5.10 Å². The molecular formula is C30H28N6S. The average molecular weight is 505 g/mol. The first-order valence-corrected chi connectivity index (χ1v) is 12.9. The summed E-state index contributed by atoms with van der Waals surface area (Å²) in [5.41, 5.74) is 20.5. The number of rotatable bonds is 8. The Labute approximate surface area is 221 Å². The van der Waals surface area contributed by atoms with Crippen LogP contribution in [-0.4, -0.2) is 11.7 Å². The van der Waals surface area contributed by atoms with Crippen molar-refractivity contribution in [1.82, 2.24) is 16.3 Å². The topological polar surface area (TPSA) is 86.8 Å². The summed E-state index contributed by atoms with van der Waals surface area (Å²) in [6, 6.07) is 38.3. The molecule has 4 aromatic rings. The van der Waals surface area contributed by atoms with Crippen molar-refractivity contribution in [2.24, 2.45) is 10.1 Å². The number of nitrogen functional groups attached to an aromatic ring is 1. The van der Waals surface area contributed by atoms with Crippen LogP contribution in [-0.2, 0) is 0 Å². The Morgan fingerprint density at radius 1 is 0.811 bits per heavy atom. The van der Waals surface area contributed by atoms with E-state index in [1.54, 1.807) is 11.8 Å². The molecule has 0 spiro atoms. The summed E-state index contributed by atoms with van der Waals surface area (Å²) < 4.78 is 0. The van der Waals surface area contributed by atoms with Crippen LogP contribution in [0.2, 0.25) is 0 Å². The van der Waals surface area contributed by atoms with Gasteiger partial charge in [0.15, 0.2) is 0 Å². The Hall–Kier alpha value is -4.49. The number of nitrogens with two attached hydrogens (primary N) is 1. The fourth-order valence-corrected chi connectivity index (χ4v) is 5.07. The number of hydrogen-bond acceptors (Lipinski definition) is 7. The highest BCUT2D eigenvalue weighted by Gasteiger charge is 2.23. The summed E-state index contributed by atoms with van der Waals surface area (Å²) in [5, 5.41) is 4.73. The zero-order valence-electron chi connectivity index (χ0n) is 20.2. The molecule has 0 aromatic heterocycles. The van der Waals surface area contributed by atoms with Gasteiger partial charge in [-0.25, -0.2) is 10.4 Å². The number of hydrogen-bond donors (Lipinski definition) is 4. The Morgan fingerprint density at radius 2 is 1.46 bits per heavy atom. The second-order valence-electron chi connectivity index (χ2n) is 8.38. The minimum atomic E-state index is -0.230. The second kappa shape index (κ2) is 12.0. The third-order valence-corrected chi connectivity index (χ3v) is 7.14. The van der Waals surface area contributed by atoms with E-state index >= 15 is 0 Å². The van der Waals surface area contributed by atoms with Crippen molar-refractivity contribution in [2.45, 2.75) is 16.2 Å². The lowest BCUT2D eigenvalue weighted by Crippen LogP contribution is -2.44. The van der Waals surface area contributed by atoms with Gasteiger partial charge in [0, 0.05) is 22.3 Å². The molecule has 0 aliphatic carbocycles. The standard InChI is InChI=1S/C30H28N6S/c31-25-18-10-11-19-27(25)37-26(22-12-4-1-5-13-22)20-21-32-35-30-33-28(23-14-6-2-7-15-23)29(34-36-30)24-16-8-3-9-17-24/h1-21,26,28,32H,31H2,(H2,33,35,36)/b21-20-/t26-,28+/m0/s1. The quantitative estimate of drug-likeness (QED) is 0.138. The minimum Gasteiger partial charge on any atom is -0.398 e. The molecule has 5 rings (SSSR count). The maximum absolute atomic E-state index is 6.20. The summed E-state index contributed by atoms with van der Waals surface area (Å²) >= 11 is 1.70. The van der Waals surface area contributed by atoms with E-state index < -0.39 is 0 Å². The van der Waals surface area contributed by atoms with Gasteiger partial charge in [-0.1, -0.05) is 103 Å². The molecule has 7 heteroatoms. The third-order valence-electron chi connectivity index (χ3n) is 5.83. The van der Waals surface area contributed by atoms with E-state index in [2.05, 4.69) is 51.7 Å². The molecule has 5 N–H and O–H groups in total. The molecule has 0 bridgehead atoms. The zero-order chi connectivity index (χ0) is 25.3. The number of para-hydroxylation sites is 1. The van der Waals surface area contributed by atoms with Gasteiger partial charge in [0.1, 0.15) is 6.04 Å². The number of nitrogens with one attached hydrogen (secondary N) is 3. The van der Waals surface area contributed by atoms with Crippen molar-refractivity contribution < 1.29 is 0 Å². The number of benzene rings is 4. The number of nitrogens with zero attached hydrogens (tertiary/aromatic N) is 2. The van der Waals surface area contributed by atoms with Crippen molar-refractivity contribution in [1.29, 1.82) is 0 Å². The van der Waals surface area contributed by atoms with Gasteiger partial charge in [0.25, 0.3) is 0 Å². The highest BCUT2D eigenvalue weighted by atomic mass is 32.2. The molecule has 184 valence electrons. The molecule has 0 saturated carbocycles. The number of thioether (sulfide) groups is 1. The van der Waals surface area contributed by atoms with Crippen LogP contribution >= 0.6 is 11.8 Å². The number of anilines is 1. The van der Waals surface area contributed by atoms with Crippen LogP contribution in [0.25, 0.3) is 0 Å². The smallest absolute Gasteiger partial charge is 0.232 e. The molecule has 0 unspecified atom stereocenters. The summed E-state index contributed by atoms with van der Waals surface area (Å²) in [4.78, 5) is 5.95. The minimum absolute atomic E-state index is 0.0706. The van der Waals surface area contributed by atoms with Crippen molar-refractivity contribution in [3.8, 4) is 0 Å². The van der Waals surface area contributed by atoms with Crippen molar-refractivity contribution in [2.75, 3.05) is 5.73 Å². The monoisotopic (exact) mass is 504 g/mol. The van der Waals surface area contributed by atoms with Gasteiger partial charge in [-0.15, -0.1) is 11.8 Å². The van der Waals surface area contributed by atoms with E-state index in [1.165, 1.54) is 5.56 Å². The summed E-state index contributed by atoms with van der Waals surface area (Å²) in [7, 11) is 0. The lowest BCUT2D eigenvalue weighted by Gasteiger charge is -2.23. The van der Waals surface area contributed by atoms with Gasteiger partial charge in [-0.3, -0.25) is 5.43 Å². The van der Waals surface area contributed by atoms with Gasteiger partial charge in [-0.05, 0) is 29.3 Å². The zero-order valence-corrected chi connectivity index (χ0v) is 21.0. The molecule has 0 fully saturated rings. The van der Waals surface area contributed by atoms with Gasteiger partial charge < -0.3 is 11.2 Å². The van der Waals surface area contributed by atoms with E-state index in [9.17, 15) is 0 Å². The molecule has 37 heavy (non-hydrogen) atoms. The number of hydrazine groups is 1. The van der Waals surface area contributed by atoms with E-state index in [1.807, 2.05) is 97.2 Å². The van der Waals surface area contributed by atoms with Gasteiger partial charge in [0.05, 0.1) is 11.0 Å². The fraction of sp³-hybridized carbons (Fsp3) is 0.0667. The van der Waals surface area contributed by atoms with Crippen LogP contribution in [0.3, 0.4) is 0 Å². The van der Waals surface area contributed by atoms with E-state index in [0.29, 0.717) is 5.96 Å². The highest BCUT2D eigenvalue weighted by molar-refractivity contribution is 7.99. The first-order chi connectivity index (χ1) is 18.3. The Morgan fingerprint density at radius 3 is 2.19 bits per heavy atom. The van der Waals surface area contributed by atoms with Gasteiger partial charge in [0.2, 0.25) is 5.96 Å². The van der Waals surface area contributed by atoms with Crippen molar-refractivity contribution >= 4 is 29.1 Å². The van der Waals surface area contributed by atoms with Crippen LogP contribution in [0.15, 0.2) is 143 Å². The fourth-order valence-electron chi connectivity index (χ4n) is 3.98. The van der Waals surface area contributed by atoms with E-state index in [4.69, 9.17) is 10.7 Å². The molecule has 4 aromatic carbocycles. The summed E-state index contributed by atoms with van der Waals surface area (Å²) in [6.07, 6.45) is 3.97. The van der Waals surface area contributed by atoms with E-state index in [-0.39, 0.29) is 11.3 Å². The van der Waals surface area contributed by atoms with Gasteiger partial charge >= 0.3 is 0 Å². The Bertz CT molecular complexity index is 1390. The van der Waals surface area contributed by atoms with Crippen LogP contribution < -0.4 is 22.0 Å². The first-order valence-electron chi connectivity index (χ1n) is 12.0. The molecular weight excluding hydrogens is 476 g/mol. The van der Waals surface area contributed by atoms with Crippen molar-refractivity contribution in [3.05, 3.63) is 144 Å². The van der Waals surface area contributed by atoms with Crippen LogP contribution in [0.4, 0.5) is 5.69 Å². The molecule has 2 atom stereocenters. The molecule has 1 aliphatic heterocycles. The molecule has 0 radical (unpaired) electrons. The Kier molecular flexibility index (Phi) is 7.83. The van der Waals surface area contributed by atoms with Crippen molar-refractivity contribution in [3.63, 3.8) is 0 Å². The van der Waals surface area contributed by atoms with Crippen LogP contribution in [0.5, 0.6) is 0 Å². The lowest BCUT2D eigenvalue weighted by molar-refractivity contribution is 0.735. The summed E-state index contributed by atoms with van der Waals surface area (Å²) in [6.45, 7) is 0. The normalized spacial score (nSPS) is 15.8. The highest BCUT2D eigenvalue weighted by Crippen LogP contribution is 2.38. The van der Waals surface area contributed by atoms with Crippen LogP contribution in [0, 0.1) is 0 Å². The molecule has 0 saturated heterocycles. The number of guanidine groups is 1. The SMILES string of the molecule is Nc1ccccc1S[C@@H](/C=C\NNC1=N[C@H](c2ccccc2)C(c2ccccc2)=NN1)c1ccccc1. The molecule has 0 amide bonds. The largest absolute Gasteiger partial charge is 0.398 e. The second-order valence-corrected chi connectivity index (χ2v) is 9.56. The molecule has 1 heterocycles. The maximum Gasteiger partial charge on any atom is 0.232 e. The lowest BCUT2D eigenvalue weighted by atomic mass is 9.97. The molecule has 6 nitrogen and oxygen atoms in total. The van der Waals surface area contributed by atoms with Crippen LogP contribution in [0.1, 0.15) is 28.0 Å². The summed E-state index contributed by atoms with van der Waals surface area (Å²) in [5.74, 6) is 0.536. The predicted molar refractivity (Wildman–Crippen MR) is 154 cm³/mol. The predicted octanol–water partition coefficient (Wildman–Crippen LogP) is 5.81. The average Bonchev–Trinajstić information content (AvgIpc) is 2.97. The third kappa shape index (κ3) is 6.20. The number of aliphatic imine (C=N–C) groups is 1. The number of hydrazone groups is 1. The molecule has 1 aliphatic rings. The maximum atomic E-state index is 6.20.